The number of nitrogens with two attached hydrogens (primary N) is 1. The third-order valence-corrected chi connectivity index (χ3v) is 8.10. The van der Waals surface area contributed by atoms with Gasteiger partial charge in [-0.05, 0) is 60.4 Å². The van der Waals surface area contributed by atoms with Crippen LogP contribution in [0.4, 0.5) is 0 Å². The lowest BCUT2D eigenvalue weighted by Crippen LogP contribution is -2.28. The molecule has 1 atom stereocenters. The van der Waals surface area contributed by atoms with E-state index < -0.39 is 15.9 Å². The molecule has 9 nitrogen and oxygen atoms in total. The molecule has 2 aromatic heterocycles. The second-order valence-corrected chi connectivity index (χ2v) is 11.6. The van der Waals surface area contributed by atoms with E-state index in [2.05, 4.69) is 10.1 Å². The van der Waals surface area contributed by atoms with Crippen LogP contribution in [0, 0.1) is 12.8 Å². The Morgan fingerprint density at radius 2 is 1.87 bits per heavy atom. The van der Waals surface area contributed by atoms with Gasteiger partial charge in [0.05, 0.1) is 24.7 Å². The first-order valence-corrected chi connectivity index (χ1v) is 14.1. The van der Waals surface area contributed by atoms with Crippen LogP contribution < -0.4 is 10.5 Å². The Labute approximate surface area is 221 Å². The summed E-state index contributed by atoms with van der Waals surface area (Å²) in [5.41, 5.74) is 11.5. The van der Waals surface area contributed by atoms with Gasteiger partial charge in [0.15, 0.2) is 0 Å². The zero-order valence-electron chi connectivity index (χ0n) is 21.2. The lowest BCUT2D eigenvalue weighted by atomic mass is 9.98. The summed E-state index contributed by atoms with van der Waals surface area (Å²) in [5.74, 6) is 0.363. The topological polar surface area (TPSA) is 120 Å². The van der Waals surface area contributed by atoms with Crippen molar-refractivity contribution in [3.05, 3.63) is 84.4 Å². The first-order chi connectivity index (χ1) is 18.2. The molecule has 0 saturated carbocycles. The minimum Gasteiger partial charge on any atom is -0.492 e. The normalized spacial score (nSPS) is 16.0. The fraction of sp³-hybridized carbons (Fsp3) is 0.250. The van der Waals surface area contributed by atoms with Gasteiger partial charge >= 0.3 is 0 Å². The van der Waals surface area contributed by atoms with Crippen molar-refractivity contribution in [2.45, 2.75) is 13.3 Å². The molecule has 0 radical (unpaired) electrons. The first kappa shape index (κ1) is 25.6. The van der Waals surface area contributed by atoms with Crippen molar-refractivity contribution in [2.24, 2.45) is 11.7 Å². The lowest BCUT2D eigenvalue weighted by molar-refractivity contribution is 0.100. The predicted molar refractivity (Wildman–Crippen MR) is 146 cm³/mol. The maximum absolute atomic E-state index is 11.8. The van der Waals surface area contributed by atoms with Gasteiger partial charge in [-0.2, -0.15) is 5.10 Å². The molecule has 2 aromatic carbocycles. The van der Waals surface area contributed by atoms with E-state index in [1.54, 1.807) is 29.3 Å². The summed E-state index contributed by atoms with van der Waals surface area (Å²) in [6.45, 7) is 3.42. The number of sulfonamides is 1. The van der Waals surface area contributed by atoms with Gasteiger partial charge in [0, 0.05) is 54.3 Å². The van der Waals surface area contributed by atoms with Crippen LogP contribution >= 0.6 is 0 Å². The predicted octanol–water partition coefficient (Wildman–Crippen LogP) is 3.67. The number of rotatable bonds is 8. The summed E-state index contributed by atoms with van der Waals surface area (Å²) in [6, 6.07) is 15.2. The Hall–Kier alpha value is -4.02. The molecule has 1 aliphatic heterocycles. The van der Waals surface area contributed by atoms with E-state index >= 15 is 0 Å². The summed E-state index contributed by atoms with van der Waals surface area (Å²) >= 11 is 0. The molecule has 1 unspecified atom stereocenters. The van der Waals surface area contributed by atoms with E-state index in [1.165, 1.54) is 10.6 Å². The minimum atomic E-state index is -3.18. The van der Waals surface area contributed by atoms with Crippen LogP contribution in [0.25, 0.3) is 27.9 Å². The van der Waals surface area contributed by atoms with Crippen LogP contribution in [-0.4, -0.2) is 59.3 Å². The SMILES string of the molecule is Cc1ccc(C(N)=O)cc1-c1ccc(-n2cc(-c3cnccc3OCC3CCN(S(C)(=O)=O)C3)cn2)cc1. The van der Waals surface area contributed by atoms with Crippen LogP contribution in [0.5, 0.6) is 5.75 Å². The Morgan fingerprint density at radius 1 is 1.08 bits per heavy atom. The number of pyridine rings is 1. The maximum Gasteiger partial charge on any atom is 0.248 e. The van der Waals surface area contributed by atoms with Gasteiger partial charge in [0.2, 0.25) is 15.9 Å². The Balaban J connectivity index is 1.32. The highest BCUT2D eigenvalue weighted by Crippen LogP contribution is 2.31. The molecule has 4 aromatic rings. The van der Waals surface area contributed by atoms with Crippen LogP contribution in [0.1, 0.15) is 22.3 Å². The van der Waals surface area contributed by atoms with Gasteiger partial charge in [-0.15, -0.1) is 0 Å². The average Bonchev–Trinajstić information content (AvgIpc) is 3.58. The summed E-state index contributed by atoms with van der Waals surface area (Å²) in [7, 11) is -3.18. The molecule has 1 fully saturated rings. The zero-order valence-corrected chi connectivity index (χ0v) is 22.1. The number of aromatic nitrogens is 3. The summed E-state index contributed by atoms with van der Waals surface area (Å²) in [4.78, 5) is 15.9. The van der Waals surface area contributed by atoms with Crippen molar-refractivity contribution in [2.75, 3.05) is 26.0 Å². The maximum atomic E-state index is 11.8. The molecule has 38 heavy (non-hydrogen) atoms. The van der Waals surface area contributed by atoms with Crippen LogP contribution in [0.15, 0.2) is 73.3 Å². The number of primary amides is 1. The summed E-state index contributed by atoms with van der Waals surface area (Å²) in [5, 5.41) is 4.53. The molecule has 1 amide bonds. The Kier molecular flexibility index (Phi) is 7.00. The molecular weight excluding hydrogens is 502 g/mol. The molecule has 1 saturated heterocycles. The third-order valence-electron chi connectivity index (χ3n) is 6.83. The number of amides is 1. The number of nitrogens with zero attached hydrogens (tertiary/aromatic N) is 4. The van der Waals surface area contributed by atoms with Crippen molar-refractivity contribution in [3.63, 3.8) is 0 Å². The molecule has 5 rings (SSSR count). The molecule has 3 heterocycles. The first-order valence-electron chi connectivity index (χ1n) is 12.3. The van der Waals surface area contributed by atoms with Crippen molar-refractivity contribution >= 4 is 15.9 Å². The van der Waals surface area contributed by atoms with E-state index in [-0.39, 0.29) is 5.92 Å². The molecule has 196 valence electrons. The monoisotopic (exact) mass is 531 g/mol. The second kappa shape index (κ2) is 10.4. The van der Waals surface area contributed by atoms with Gasteiger partial charge in [0.25, 0.3) is 0 Å². The largest absolute Gasteiger partial charge is 0.492 e. The van der Waals surface area contributed by atoms with Gasteiger partial charge in [-0.3, -0.25) is 9.78 Å². The number of aryl methyl sites for hydroxylation is 1. The standard InChI is InChI=1S/C28H29N5O4S/c1-19-3-4-22(28(29)34)13-25(19)21-5-7-24(8-6-21)33-17-23(14-31-33)26-15-30-11-9-27(26)37-18-20-10-12-32(16-20)38(2,35)36/h3-9,11,13-15,17,20H,10,12,16,18H2,1-2H3,(H2,29,34). The van der Waals surface area contributed by atoms with Crippen LogP contribution in [-0.2, 0) is 10.0 Å². The number of hydrogen-bond acceptors (Lipinski definition) is 6. The molecule has 0 aliphatic carbocycles. The number of carbonyl (C=O) groups excluding carboxylic acids is 1. The average molecular weight is 532 g/mol. The van der Waals surface area contributed by atoms with E-state index in [0.29, 0.717) is 31.0 Å². The number of benzene rings is 2. The van der Waals surface area contributed by atoms with Gasteiger partial charge in [0.1, 0.15) is 5.75 Å². The van der Waals surface area contributed by atoms with Gasteiger partial charge < -0.3 is 10.5 Å². The van der Waals surface area contributed by atoms with Crippen molar-refractivity contribution in [1.29, 1.82) is 0 Å². The lowest BCUT2D eigenvalue weighted by Gasteiger charge is -2.15. The number of hydrogen-bond donors (Lipinski definition) is 1. The van der Waals surface area contributed by atoms with E-state index in [4.69, 9.17) is 10.5 Å². The molecule has 1 aliphatic rings. The minimum absolute atomic E-state index is 0.138. The van der Waals surface area contributed by atoms with Crippen molar-refractivity contribution in [3.8, 4) is 33.7 Å². The molecule has 2 N–H and O–H groups in total. The van der Waals surface area contributed by atoms with Crippen molar-refractivity contribution in [1.82, 2.24) is 19.1 Å². The Morgan fingerprint density at radius 3 is 2.58 bits per heavy atom. The fourth-order valence-corrected chi connectivity index (χ4v) is 5.57. The highest BCUT2D eigenvalue weighted by molar-refractivity contribution is 7.88. The number of carbonyl (C=O) groups is 1. The van der Waals surface area contributed by atoms with Gasteiger partial charge in [-0.1, -0.05) is 18.2 Å². The summed E-state index contributed by atoms with van der Waals surface area (Å²) in [6.07, 6.45) is 9.11. The highest BCUT2D eigenvalue weighted by Gasteiger charge is 2.29. The fourth-order valence-electron chi connectivity index (χ4n) is 4.65. The van der Waals surface area contributed by atoms with Crippen LogP contribution in [0.3, 0.4) is 0 Å². The van der Waals surface area contributed by atoms with Gasteiger partial charge in [-0.25, -0.2) is 17.4 Å². The second-order valence-electron chi connectivity index (χ2n) is 9.57. The zero-order chi connectivity index (χ0) is 26.9. The number of ether oxygens (including phenoxy) is 1. The summed E-state index contributed by atoms with van der Waals surface area (Å²) < 4.78 is 33.0. The van der Waals surface area contributed by atoms with E-state index in [9.17, 15) is 13.2 Å². The molecule has 10 heteroatoms. The quantitative estimate of drug-likeness (QED) is 0.370. The highest BCUT2D eigenvalue weighted by atomic mass is 32.2. The molecule has 0 bridgehead atoms. The Bertz CT molecular complexity index is 1580. The van der Waals surface area contributed by atoms with E-state index in [1.807, 2.05) is 55.6 Å². The third kappa shape index (κ3) is 5.46. The molecular formula is C28H29N5O4S. The van der Waals surface area contributed by atoms with E-state index in [0.717, 1.165) is 39.9 Å². The smallest absolute Gasteiger partial charge is 0.248 e. The van der Waals surface area contributed by atoms with Crippen LogP contribution in [0.2, 0.25) is 0 Å². The molecule has 0 spiro atoms. The van der Waals surface area contributed by atoms with Crippen molar-refractivity contribution < 1.29 is 17.9 Å².